The highest BCUT2D eigenvalue weighted by molar-refractivity contribution is 7.20. The van der Waals surface area contributed by atoms with Gasteiger partial charge < -0.3 is 10.1 Å². The Labute approximate surface area is 159 Å². The predicted molar refractivity (Wildman–Crippen MR) is 104 cm³/mol. The molecule has 0 saturated carbocycles. The van der Waals surface area contributed by atoms with Gasteiger partial charge in [0.15, 0.2) is 0 Å². The normalized spacial score (nSPS) is 12.0. The van der Waals surface area contributed by atoms with Crippen LogP contribution in [0, 0.1) is 6.92 Å². The van der Waals surface area contributed by atoms with Gasteiger partial charge in [-0.25, -0.2) is 9.78 Å². The van der Waals surface area contributed by atoms with E-state index >= 15 is 0 Å². The maximum atomic E-state index is 12.9. The number of hydrogen-bond donors (Lipinski definition) is 1. The lowest BCUT2D eigenvalue weighted by atomic mass is 10.2. The van der Waals surface area contributed by atoms with E-state index < -0.39 is 12.0 Å². The minimum atomic E-state index is -0.796. The summed E-state index contributed by atoms with van der Waals surface area (Å²) in [7, 11) is 0. The molecule has 1 amide bonds. The van der Waals surface area contributed by atoms with Gasteiger partial charge in [0, 0.05) is 5.69 Å². The van der Waals surface area contributed by atoms with Crippen LogP contribution >= 0.6 is 11.3 Å². The van der Waals surface area contributed by atoms with Crippen LogP contribution in [0.5, 0.6) is 0 Å². The molecule has 1 N–H and O–H groups in total. The SMILES string of the molecule is CCOC(=O)C(C)n1cnc2sc(C(=O)Nc3ccccc3)c(C)c2c1=O. The molecule has 1 unspecified atom stereocenters. The Kier molecular flexibility index (Phi) is 5.36. The summed E-state index contributed by atoms with van der Waals surface area (Å²) in [5, 5.41) is 3.16. The standard InChI is InChI=1S/C19H19N3O4S/c1-4-26-19(25)12(3)22-10-20-17-14(18(22)24)11(2)15(27-17)16(23)21-13-8-6-5-7-9-13/h5-10,12H,4H2,1-3H3,(H,21,23). The molecule has 0 spiro atoms. The fraction of sp³-hybridized carbons (Fsp3) is 0.263. The number of hydrogen-bond acceptors (Lipinski definition) is 6. The molecule has 0 aliphatic rings. The van der Waals surface area contributed by atoms with Gasteiger partial charge in [0.1, 0.15) is 10.9 Å². The number of carbonyl (C=O) groups is 2. The molecule has 2 aromatic heterocycles. The first-order valence-electron chi connectivity index (χ1n) is 8.47. The molecule has 0 aliphatic heterocycles. The van der Waals surface area contributed by atoms with Crippen LogP contribution in [0.25, 0.3) is 10.2 Å². The third-order valence-corrected chi connectivity index (χ3v) is 5.36. The number of benzene rings is 1. The molecule has 0 radical (unpaired) electrons. The van der Waals surface area contributed by atoms with Crippen LogP contribution < -0.4 is 10.9 Å². The van der Waals surface area contributed by atoms with Crippen molar-refractivity contribution in [2.75, 3.05) is 11.9 Å². The number of ether oxygens (including phenoxy) is 1. The van der Waals surface area contributed by atoms with Crippen LogP contribution in [0.2, 0.25) is 0 Å². The number of anilines is 1. The molecule has 0 bridgehead atoms. The van der Waals surface area contributed by atoms with Gasteiger partial charge in [0.2, 0.25) is 0 Å². The zero-order valence-corrected chi connectivity index (χ0v) is 16.0. The summed E-state index contributed by atoms with van der Waals surface area (Å²) in [6.45, 7) is 5.23. The zero-order valence-electron chi connectivity index (χ0n) is 15.2. The van der Waals surface area contributed by atoms with Gasteiger partial charge in [0.25, 0.3) is 11.5 Å². The molecular weight excluding hydrogens is 366 g/mol. The lowest BCUT2D eigenvalue weighted by Gasteiger charge is -2.13. The maximum Gasteiger partial charge on any atom is 0.328 e. The van der Waals surface area contributed by atoms with Crippen LogP contribution in [0.4, 0.5) is 5.69 Å². The highest BCUT2D eigenvalue weighted by Crippen LogP contribution is 2.28. The molecule has 140 valence electrons. The van der Waals surface area contributed by atoms with Crippen LogP contribution in [0.1, 0.15) is 35.1 Å². The van der Waals surface area contributed by atoms with Crippen LogP contribution in [0.15, 0.2) is 41.5 Å². The topological polar surface area (TPSA) is 90.3 Å². The largest absolute Gasteiger partial charge is 0.464 e. The van der Waals surface area contributed by atoms with Gasteiger partial charge in [-0.3, -0.25) is 14.2 Å². The van der Waals surface area contributed by atoms with Crippen LogP contribution in [-0.4, -0.2) is 28.0 Å². The number of fused-ring (bicyclic) bond motifs is 1. The number of rotatable bonds is 5. The average molecular weight is 385 g/mol. The van der Waals surface area contributed by atoms with Gasteiger partial charge in [0.05, 0.1) is 23.2 Å². The highest BCUT2D eigenvalue weighted by Gasteiger charge is 2.23. The molecule has 2 heterocycles. The smallest absolute Gasteiger partial charge is 0.328 e. The van der Waals surface area contributed by atoms with Gasteiger partial charge in [-0.1, -0.05) is 18.2 Å². The van der Waals surface area contributed by atoms with E-state index in [-0.39, 0.29) is 18.1 Å². The first-order valence-corrected chi connectivity index (χ1v) is 9.29. The third-order valence-electron chi connectivity index (χ3n) is 4.16. The Morgan fingerprint density at radius 2 is 2.00 bits per heavy atom. The minimum absolute atomic E-state index is 0.231. The molecule has 8 heteroatoms. The Morgan fingerprint density at radius 1 is 1.30 bits per heavy atom. The van der Waals surface area contributed by atoms with Crippen molar-refractivity contribution >= 4 is 39.1 Å². The molecule has 0 fully saturated rings. The van der Waals surface area contributed by atoms with E-state index in [2.05, 4.69) is 10.3 Å². The van der Waals surface area contributed by atoms with Crippen molar-refractivity contribution in [1.29, 1.82) is 0 Å². The Morgan fingerprint density at radius 3 is 2.67 bits per heavy atom. The van der Waals surface area contributed by atoms with Gasteiger partial charge >= 0.3 is 5.97 Å². The van der Waals surface area contributed by atoms with Crippen LogP contribution in [-0.2, 0) is 9.53 Å². The van der Waals surface area contributed by atoms with Crippen molar-refractivity contribution in [2.45, 2.75) is 26.8 Å². The summed E-state index contributed by atoms with van der Waals surface area (Å²) in [6.07, 6.45) is 1.32. The minimum Gasteiger partial charge on any atom is -0.464 e. The summed E-state index contributed by atoms with van der Waals surface area (Å²) >= 11 is 1.15. The van der Waals surface area contributed by atoms with E-state index in [4.69, 9.17) is 4.74 Å². The van der Waals surface area contributed by atoms with Crippen molar-refractivity contribution in [1.82, 2.24) is 9.55 Å². The Balaban J connectivity index is 2.00. The number of aryl methyl sites for hydroxylation is 1. The average Bonchev–Trinajstić information content (AvgIpc) is 3.00. The number of esters is 1. The lowest BCUT2D eigenvalue weighted by molar-refractivity contribution is -0.146. The number of para-hydroxylation sites is 1. The number of thiophene rings is 1. The van der Waals surface area contributed by atoms with E-state index in [0.29, 0.717) is 26.3 Å². The molecule has 3 aromatic rings. The summed E-state index contributed by atoms with van der Waals surface area (Å²) in [6, 6.07) is 8.28. The number of carbonyl (C=O) groups excluding carboxylic acids is 2. The van der Waals surface area contributed by atoms with Gasteiger partial charge in [-0.15, -0.1) is 11.3 Å². The predicted octanol–water partition coefficient (Wildman–Crippen LogP) is 3.14. The highest BCUT2D eigenvalue weighted by atomic mass is 32.1. The zero-order chi connectivity index (χ0) is 19.6. The molecule has 7 nitrogen and oxygen atoms in total. The lowest BCUT2D eigenvalue weighted by Crippen LogP contribution is -2.29. The van der Waals surface area contributed by atoms with E-state index in [1.54, 1.807) is 32.9 Å². The third kappa shape index (κ3) is 3.61. The van der Waals surface area contributed by atoms with E-state index in [9.17, 15) is 14.4 Å². The second-order valence-corrected chi connectivity index (χ2v) is 6.94. The molecular formula is C19H19N3O4S. The van der Waals surface area contributed by atoms with E-state index in [0.717, 1.165) is 11.3 Å². The summed E-state index contributed by atoms with van der Waals surface area (Å²) in [4.78, 5) is 42.6. The fourth-order valence-electron chi connectivity index (χ4n) is 2.72. The number of nitrogens with one attached hydrogen (secondary N) is 1. The molecule has 1 atom stereocenters. The number of amides is 1. The molecule has 27 heavy (non-hydrogen) atoms. The van der Waals surface area contributed by atoms with Gasteiger partial charge in [-0.05, 0) is 38.5 Å². The van der Waals surface area contributed by atoms with E-state index in [1.807, 2.05) is 18.2 Å². The van der Waals surface area contributed by atoms with Crippen molar-refractivity contribution < 1.29 is 14.3 Å². The summed E-state index contributed by atoms with van der Waals surface area (Å²) in [5.74, 6) is -0.804. The van der Waals surface area contributed by atoms with Crippen molar-refractivity contribution in [2.24, 2.45) is 0 Å². The number of aromatic nitrogens is 2. The fourth-order valence-corrected chi connectivity index (χ4v) is 3.75. The monoisotopic (exact) mass is 385 g/mol. The second-order valence-electron chi connectivity index (χ2n) is 5.94. The Hall–Kier alpha value is -3.00. The summed E-state index contributed by atoms with van der Waals surface area (Å²) in [5.41, 5.74) is 0.847. The molecule has 1 aromatic carbocycles. The van der Waals surface area contributed by atoms with Gasteiger partial charge in [-0.2, -0.15) is 0 Å². The molecule has 0 saturated heterocycles. The quantitative estimate of drug-likeness (QED) is 0.682. The molecule has 0 aliphatic carbocycles. The van der Waals surface area contributed by atoms with Crippen molar-refractivity contribution in [3.05, 3.63) is 57.5 Å². The molecule has 3 rings (SSSR count). The van der Waals surface area contributed by atoms with Crippen LogP contribution in [0.3, 0.4) is 0 Å². The first kappa shape index (κ1) is 18.8. The number of nitrogens with zero attached hydrogens (tertiary/aromatic N) is 2. The summed E-state index contributed by atoms with van der Waals surface area (Å²) < 4.78 is 6.21. The maximum absolute atomic E-state index is 12.9. The van der Waals surface area contributed by atoms with Crippen molar-refractivity contribution in [3.8, 4) is 0 Å². The second kappa shape index (κ2) is 7.71. The van der Waals surface area contributed by atoms with E-state index in [1.165, 1.54) is 10.9 Å². The van der Waals surface area contributed by atoms with Crippen molar-refractivity contribution in [3.63, 3.8) is 0 Å². The Bertz CT molecular complexity index is 1060. The first-order chi connectivity index (χ1) is 12.9.